The first-order valence-electron chi connectivity index (χ1n) is 6.80. The summed E-state index contributed by atoms with van der Waals surface area (Å²) < 4.78 is 0.597. The summed E-state index contributed by atoms with van der Waals surface area (Å²) in [5.41, 5.74) is 1.11. The molecule has 2 rings (SSSR count). The predicted octanol–water partition coefficient (Wildman–Crippen LogP) is 3.87. The molecule has 0 atom stereocenters. The molecule has 0 unspecified atom stereocenters. The monoisotopic (exact) mass is 489 g/mol. The van der Waals surface area contributed by atoms with E-state index in [-0.39, 0.29) is 22.5 Å². The Morgan fingerprint density at radius 3 is 2.24 bits per heavy atom. The Balaban J connectivity index is 2.07. The van der Waals surface area contributed by atoms with Gasteiger partial charge in [-0.2, -0.15) is 0 Å². The summed E-state index contributed by atoms with van der Waals surface area (Å²) in [7, 11) is 0. The molecule has 0 fully saturated rings. The van der Waals surface area contributed by atoms with Crippen LogP contribution in [-0.4, -0.2) is 30.5 Å². The minimum Gasteiger partial charge on any atom is -0.504 e. The number of benzene rings is 2. The molecule has 132 valence electrons. The van der Waals surface area contributed by atoms with Gasteiger partial charge in [0.1, 0.15) is 0 Å². The number of phenols is 5. The van der Waals surface area contributed by atoms with E-state index in [1.54, 1.807) is 18.2 Å². The van der Waals surface area contributed by atoms with Crippen molar-refractivity contribution in [2.24, 2.45) is 0 Å². The van der Waals surface area contributed by atoms with Gasteiger partial charge < -0.3 is 30.8 Å². The van der Waals surface area contributed by atoms with E-state index in [4.69, 9.17) is 12.2 Å². The summed E-state index contributed by atoms with van der Waals surface area (Å²) in [5, 5.41) is 50.6. The van der Waals surface area contributed by atoms with Gasteiger partial charge in [0.25, 0.3) is 0 Å². The number of nitrogens with one attached hydrogen (secondary N) is 1. The second kappa shape index (κ2) is 7.94. The highest BCUT2D eigenvalue weighted by Crippen LogP contribution is 2.42. The van der Waals surface area contributed by atoms with Crippen LogP contribution in [0.1, 0.15) is 11.1 Å². The third-order valence-corrected chi connectivity index (χ3v) is 4.98. The van der Waals surface area contributed by atoms with Crippen molar-refractivity contribution in [1.82, 2.24) is 5.32 Å². The lowest BCUT2D eigenvalue weighted by Gasteiger charge is -2.11. The smallest absolute Gasteiger partial charge is 0.201 e. The van der Waals surface area contributed by atoms with E-state index in [1.165, 1.54) is 12.1 Å². The fourth-order valence-electron chi connectivity index (χ4n) is 1.92. The van der Waals surface area contributed by atoms with Gasteiger partial charge in [-0.1, -0.05) is 18.3 Å². The molecule has 0 saturated heterocycles. The molecule has 6 nitrogen and oxygen atoms in total. The molecule has 9 heteroatoms. The van der Waals surface area contributed by atoms with Crippen LogP contribution in [0.15, 0.2) is 33.2 Å². The summed E-state index contributed by atoms with van der Waals surface area (Å²) in [6.45, 7) is 0.190. The molecule has 0 spiro atoms. The largest absolute Gasteiger partial charge is 0.504 e. The molecule has 2 aromatic carbocycles. The lowest BCUT2D eigenvalue weighted by molar-refractivity contribution is 0.365. The normalized spacial score (nSPS) is 11.0. The minimum atomic E-state index is -0.601. The molecule has 25 heavy (non-hydrogen) atoms. The molecule has 0 bridgehead atoms. The highest BCUT2D eigenvalue weighted by atomic mass is 79.9. The summed E-state index contributed by atoms with van der Waals surface area (Å²) in [5.74, 6) is -2.00. The van der Waals surface area contributed by atoms with Crippen molar-refractivity contribution in [1.29, 1.82) is 0 Å². The number of hydrogen-bond donors (Lipinski definition) is 6. The molecule has 0 saturated carbocycles. The maximum Gasteiger partial charge on any atom is 0.201 e. The first-order chi connectivity index (χ1) is 11.7. The second-order valence-corrected chi connectivity index (χ2v) is 7.07. The van der Waals surface area contributed by atoms with Crippen molar-refractivity contribution >= 4 is 55.1 Å². The summed E-state index contributed by atoms with van der Waals surface area (Å²) in [6.07, 6.45) is 3.22. The molecular weight excluding hydrogens is 478 g/mol. The summed E-state index contributed by atoms with van der Waals surface area (Å²) >= 11 is 11.4. The van der Waals surface area contributed by atoms with E-state index in [0.717, 1.165) is 0 Å². The molecule has 0 aliphatic heterocycles. The third-order valence-electron chi connectivity index (χ3n) is 3.21. The fraction of sp³-hybridized carbons (Fsp3) is 0.0625. The van der Waals surface area contributed by atoms with E-state index in [0.29, 0.717) is 20.6 Å². The lowest BCUT2D eigenvalue weighted by atomic mass is 10.1. The van der Waals surface area contributed by atoms with E-state index >= 15 is 0 Å². The molecule has 0 aromatic heterocycles. The first-order valence-corrected chi connectivity index (χ1v) is 8.79. The van der Waals surface area contributed by atoms with Gasteiger partial charge in [0, 0.05) is 6.54 Å². The zero-order valence-corrected chi connectivity index (χ0v) is 16.5. The maximum absolute atomic E-state index is 9.68. The van der Waals surface area contributed by atoms with E-state index in [1.807, 2.05) is 0 Å². The third kappa shape index (κ3) is 4.56. The molecule has 0 aliphatic rings. The average Bonchev–Trinajstić information content (AvgIpc) is 2.57. The van der Waals surface area contributed by atoms with Crippen LogP contribution in [0.4, 0.5) is 0 Å². The molecule has 6 N–H and O–H groups in total. The van der Waals surface area contributed by atoms with Gasteiger partial charge in [0.2, 0.25) is 5.75 Å². The highest BCUT2D eigenvalue weighted by molar-refractivity contribution is 9.11. The Bertz CT molecular complexity index is 847. The van der Waals surface area contributed by atoms with Crippen LogP contribution in [0.2, 0.25) is 0 Å². The molecule has 0 amide bonds. The highest BCUT2D eigenvalue weighted by Gasteiger charge is 2.14. The second-order valence-electron chi connectivity index (χ2n) is 4.99. The number of halogens is 2. The van der Waals surface area contributed by atoms with Crippen molar-refractivity contribution in [2.45, 2.75) is 6.54 Å². The Morgan fingerprint density at radius 1 is 0.960 bits per heavy atom. The Kier molecular flexibility index (Phi) is 6.15. The number of rotatable bonds is 4. The first kappa shape index (κ1) is 19.4. The summed E-state index contributed by atoms with van der Waals surface area (Å²) in [6, 6.07) is 4.29. The van der Waals surface area contributed by atoms with Gasteiger partial charge in [0.15, 0.2) is 23.0 Å². The van der Waals surface area contributed by atoms with Crippen LogP contribution in [0.25, 0.3) is 6.08 Å². The number of thiocarbonyl (C=S) groups is 1. The zero-order chi connectivity index (χ0) is 18.7. The quantitative estimate of drug-likeness (QED) is 0.219. The van der Waals surface area contributed by atoms with Crippen molar-refractivity contribution in [3.05, 3.63) is 44.3 Å². The average molecular weight is 491 g/mol. The SMILES string of the molecule is Oc1cc(C=CC(=S)NCc2cc(O)c(O)c(O)c2Br)cc(Br)c1O. The van der Waals surface area contributed by atoms with Crippen LogP contribution < -0.4 is 5.32 Å². The standard InChI is InChI=1S/C16H13Br2NO5S/c17-9-3-7(4-10(20)14(9)22)1-2-12(25)19-6-8-5-11(21)15(23)16(24)13(8)18/h1-5,20-24H,6H2,(H,19,25). The molecular formula is C16H13Br2NO5S. The maximum atomic E-state index is 9.68. The van der Waals surface area contributed by atoms with Gasteiger partial charge in [0.05, 0.1) is 13.9 Å². The molecule has 0 heterocycles. The van der Waals surface area contributed by atoms with Gasteiger partial charge >= 0.3 is 0 Å². The molecule has 2 aromatic rings. The zero-order valence-electron chi connectivity index (χ0n) is 12.5. The Hall–Kier alpha value is -1.97. The fourth-order valence-corrected chi connectivity index (χ4v) is 2.97. The Morgan fingerprint density at radius 2 is 1.60 bits per heavy atom. The van der Waals surface area contributed by atoms with Crippen LogP contribution in [0.5, 0.6) is 28.7 Å². The number of hydrogen-bond acceptors (Lipinski definition) is 6. The van der Waals surface area contributed by atoms with Gasteiger partial charge in [-0.3, -0.25) is 0 Å². The van der Waals surface area contributed by atoms with E-state index in [9.17, 15) is 25.5 Å². The van der Waals surface area contributed by atoms with Crippen LogP contribution in [-0.2, 0) is 6.54 Å². The van der Waals surface area contributed by atoms with Gasteiger partial charge in [-0.05, 0) is 67.3 Å². The van der Waals surface area contributed by atoms with Gasteiger partial charge in [-0.15, -0.1) is 0 Å². The van der Waals surface area contributed by atoms with E-state index in [2.05, 4.69) is 37.2 Å². The van der Waals surface area contributed by atoms with Crippen molar-refractivity contribution in [3.8, 4) is 28.7 Å². The molecule has 0 aliphatic carbocycles. The number of phenolic OH excluding ortho intramolecular Hbond substituents is 5. The van der Waals surface area contributed by atoms with Crippen LogP contribution >= 0.6 is 44.1 Å². The Labute approximate surface area is 165 Å². The summed E-state index contributed by atoms with van der Waals surface area (Å²) in [4.78, 5) is 0.364. The van der Waals surface area contributed by atoms with Crippen LogP contribution in [0.3, 0.4) is 0 Å². The predicted molar refractivity (Wildman–Crippen MR) is 105 cm³/mol. The lowest BCUT2D eigenvalue weighted by Crippen LogP contribution is -2.18. The van der Waals surface area contributed by atoms with Gasteiger partial charge in [-0.25, -0.2) is 0 Å². The van der Waals surface area contributed by atoms with Crippen molar-refractivity contribution in [2.75, 3.05) is 0 Å². The molecule has 0 radical (unpaired) electrons. The van der Waals surface area contributed by atoms with Crippen molar-refractivity contribution < 1.29 is 25.5 Å². The van der Waals surface area contributed by atoms with Crippen LogP contribution in [0, 0.1) is 0 Å². The number of aromatic hydroxyl groups is 5. The van der Waals surface area contributed by atoms with Crippen molar-refractivity contribution in [3.63, 3.8) is 0 Å². The van der Waals surface area contributed by atoms with E-state index < -0.39 is 17.2 Å². The minimum absolute atomic E-state index is 0.190. The topological polar surface area (TPSA) is 113 Å².